The maximum atomic E-state index is 13.3. The summed E-state index contributed by atoms with van der Waals surface area (Å²) in [6.07, 6.45) is -2.75. The number of benzene rings is 3. The van der Waals surface area contributed by atoms with Crippen LogP contribution in [0.5, 0.6) is 0 Å². The molecule has 4 nitrogen and oxygen atoms in total. The summed E-state index contributed by atoms with van der Waals surface area (Å²) in [5.74, 6) is -1.16. The van der Waals surface area contributed by atoms with E-state index in [9.17, 15) is 23.1 Å². The SMILES string of the molecule is O=C(O)C(NCc1ccccc1C(F)(F)F)c1cn(Cc2ccccc2)c2ccccc12. The van der Waals surface area contributed by atoms with Gasteiger partial charge in [-0.15, -0.1) is 0 Å². The molecule has 0 aliphatic heterocycles. The number of rotatable bonds is 7. The average molecular weight is 438 g/mol. The Morgan fingerprint density at radius 1 is 0.938 bits per heavy atom. The zero-order valence-corrected chi connectivity index (χ0v) is 17.0. The standard InChI is InChI=1S/C25H21F3N2O2/c26-25(27,28)21-12-6-4-10-18(21)14-29-23(24(31)32)20-16-30(15-17-8-2-1-3-9-17)22-13-7-5-11-19(20)22/h1-13,16,23,29H,14-15H2,(H,31,32). The third-order valence-electron chi connectivity index (χ3n) is 5.39. The van der Waals surface area contributed by atoms with Crippen molar-refractivity contribution < 1.29 is 23.1 Å². The average Bonchev–Trinajstić information content (AvgIpc) is 3.12. The Morgan fingerprint density at radius 3 is 2.31 bits per heavy atom. The Bertz CT molecular complexity index is 1230. The molecule has 0 aliphatic carbocycles. The molecule has 1 heterocycles. The van der Waals surface area contributed by atoms with Gasteiger partial charge in [0.2, 0.25) is 0 Å². The van der Waals surface area contributed by atoms with Crippen LogP contribution in [-0.4, -0.2) is 15.6 Å². The minimum atomic E-state index is -4.51. The Balaban J connectivity index is 1.68. The van der Waals surface area contributed by atoms with Crippen LogP contribution in [0, 0.1) is 0 Å². The van der Waals surface area contributed by atoms with Gasteiger partial charge in [-0.2, -0.15) is 13.2 Å². The van der Waals surface area contributed by atoms with Gasteiger partial charge in [-0.3, -0.25) is 10.1 Å². The molecule has 7 heteroatoms. The van der Waals surface area contributed by atoms with Crippen molar-refractivity contribution in [3.8, 4) is 0 Å². The Hall–Kier alpha value is -3.58. The monoisotopic (exact) mass is 438 g/mol. The molecule has 0 amide bonds. The van der Waals surface area contributed by atoms with Gasteiger partial charge < -0.3 is 9.67 Å². The molecule has 4 rings (SSSR count). The van der Waals surface area contributed by atoms with E-state index >= 15 is 0 Å². The topological polar surface area (TPSA) is 54.3 Å². The lowest BCUT2D eigenvalue weighted by Crippen LogP contribution is -2.29. The van der Waals surface area contributed by atoms with Gasteiger partial charge in [0.25, 0.3) is 0 Å². The normalized spacial score (nSPS) is 12.7. The first kappa shape index (κ1) is 21.6. The molecule has 0 radical (unpaired) electrons. The highest BCUT2D eigenvalue weighted by molar-refractivity contribution is 5.89. The van der Waals surface area contributed by atoms with Crippen molar-refractivity contribution >= 4 is 16.9 Å². The molecule has 4 aromatic rings. The first-order valence-electron chi connectivity index (χ1n) is 10.1. The predicted octanol–water partition coefficient (Wildman–Crippen LogP) is 5.62. The number of nitrogens with one attached hydrogen (secondary N) is 1. The smallest absolute Gasteiger partial charge is 0.416 e. The van der Waals surface area contributed by atoms with E-state index in [0.29, 0.717) is 12.1 Å². The van der Waals surface area contributed by atoms with Crippen LogP contribution in [0.25, 0.3) is 10.9 Å². The van der Waals surface area contributed by atoms with E-state index in [0.717, 1.165) is 22.5 Å². The molecule has 0 bridgehead atoms. The molecule has 2 N–H and O–H groups in total. The van der Waals surface area contributed by atoms with E-state index in [1.165, 1.54) is 18.2 Å². The van der Waals surface area contributed by atoms with E-state index in [1.807, 2.05) is 59.2 Å². The Labute approximate surface area is 182 Å². The van der Waals surface area contributed by atoms with Crippen LogP contribution < -0.4 is 5.32 Å². The fourth-order valence-corrected chi connectivity index (χ4v) is 3.91. The lowest BCUT2D eigenvalue weighted by Gasteiger charge is -2.17. The summed E-state index contributed by atoms with van der Waals surface area (Å²) in [5.41, 5.74) is 1.64. The lowest BCUT2D eigenvalue weighted by molar-refractivity contribution is -0.139. The fourth-order valence-electron chi connectivity index (χ4n) is 3.91. The van der Waals surface area contributed by atoms with E-state index in [4.69, 9.17) is 0 Å². The number of para-hydroxylation sites is 1. The van der Waals surface area contributed by atoms with E-state index < -0.39 is 23.8 Å². The second-order valence-corrected chi connectivity index (χ2v) is 7.52. The van der Waals surface area contributed by atoms with Gasteiger partial charge in [0.15, 0.2) is 0 Å². The van der Waals surface area contributed by atoms with Gasteiger partial charge >= 0.3 is 12.1 Å². The summed E-state index contributed by atoms with van der Waals surface area (Å²) in [4.78, 5) is 12.1. The lowest BCUT2D eigenvalue weighted by atomic mass is 10.0. The minimum absolute atomic E-state index is 0.000672. The van der Waals surface area contributed by atoms with Gasteiger partial charge in [-0.25, -0.2) is 0 Å². The third kappa shape index (κ3) is 4.53. The number of halogens is 3. The van der Waals surface area contributed by atoms with Crippen molar-refractivity contribution in [2.24, 2.45) is 0 Å². The zero-order chi connectivity index (χ0) is 22.7. The molecular weight excluding hydrogens is 417 g/mol. The van der Waals surface area contributed by atoms with Gasteiger partial charge in [0.1, 0.15) is 6.04 Å². The fraction of sp³-hybridized carbons (Fsp3) is 0.160. The summed E-state index contributed by atoms with van der Waals surface area (Å²) >= 11 is 0. The van der Waals surface area contributed by atoms with Crippen molar-refractivity contribution in [1.82, 2.24) is 9.88 Å². The van der Waals surface area contributed by atoms with Crippen LogP contribution in [0.1, 0.15) is 28.3 Å². The Kier molecular flexibility index (Phi) is 6.01. The number of carboxylic acid groups (broad SMARTS) is 1. The molecule has 0 fully saturated rings. The predicted molar refractivity (Wildman–Crippen MR) is 116 cm³/mol. The van der Waals surface area contributed by atoms with E-state index in [1.54, 1.807) is 6.20 Å². The maximum absolute atomic E-state index is 13.3. The van der Waals surface area contributed by atoms with Crippen LogP contribution in [0.15, 0.2) is 85.1 Å². The molecule has 1 aromatic heterocycles. The number of alkyl halides is 3. The number of carbonyl (C=O) groups is 1. The first-order valence-corrected chi connectivity index (χ1v) is 10.1. The molecule has 0 saturated heterocycles. The molecule has 164 valence electrons. The first-order chi connectivity index (χ1) is 15.3. The number of nitrogens with zero attached hydrogens (tertiary/aromatic N) is 1. The van der Waals surface area contributed by atoms with Crippen LogP contribution in [0.2, 0.25) is 0 Å². The van der Waals surface area contributed by atoms with E-state index in [2.05, 4.69) is 5.32 Å². The molecule has 1 atom stereocenters. The van der Waals surface area contributed by atoms with Crippen LogP contribution in [0.4, 0.5) is 13.2 Å². The third-order valence-corrected chi connectivity index (χ3v) is 5.39. The molecule has 0 saturated carbocycles. The van der Waals surface area contributed by atoms with Crippen molar-refractivity contribution in [3.05, 3.63) is 107 Å². The molecule has 3 aromatic carbocycles. The van der Waals surface area contributed by atoms with Crippen molar-refractivity contribution in [3.63, 3.8) is 0 Å². The van der Waals surface area contributed by atoms with Gasteiger partial charge in [0.05, 0.1) is 5.56 Å². The number of hydrogen-bond acceptors (Lipinski definition) is 2. The number of carboxylic acids is 1. The largest absolute Gasteiger partial charge is 0.480 e. The number of fused-ring (bicyclic) bond motifs is 1. The molecule has 0 aliphatic rings. The highest BCUT2D eigenvalue weighted by atomic mass is 19.4. The van der Waals surface area contributed by atoms with E-state index in [-0.39, 0.29) is 12.1 Å². The second-order valence-electron chi connectivity index (χ2n) is 7.52. The minimum Gasteiger partial charge on any atom is -0.480 e. The van der Waals surface area contributed by atoms with Gasteiger partial charge in [-0.05, 0) is 23.3 Å². The number of aromatic nitrogens is 1. The van der Waals surface area contributed by atoms with Crippen molar-refractivity contribution in [2.75, 3.05) is 0 Å². The maximum Gasteiger partial charge on any atom is 0.416 e. The van der Waals surface area contributed by atoms with Crippen molar-refractivity contribution in [2.45, 2.75) is 25.3 Å². The number of hydrogen-bond donors (Lipinski definition) is 2. The van der Waals surface area contributed by atoms with Crippen LogP contribution >= 0.6 is 0 Å². The molecule has 1 unspecified atom stereocenters. The summed E-state index contributed by atoms with van der Waals surface area (Å²) in [7, 11) is 0. The van der Waals surface area contributed by atoms with Crippen LogP contribution in [-0.2, 0) is 24.1 Å². The molecule has 32 heavy (non-hydrogen) atoms. The van der Waals surface area contributed by atoms with Gasteiger partial charge in [0, 0.05) is 35.8 Å². The highest BCUT2D eigenvalue weighted by Gasteiger charge is 2.33. The Morgan fingerprint density at radius 2 is 1.59 bits per heavy atom. The summed E-state index contributed by atoms with van der Waals surface area (Å²) < 4.78 is 41.9. The molecule has 0 spiro atoms. The van der Waals surface area contributed by atoms with Crippen molar-refractivity contribution in [1.29, 1.82) is 0 Å². The quantitative estimate of drug-likeness (QED) is 0.394. The highest BCUT2D eigenvalue weighted by Crippen LogP contribution is 2.33. The number of aliphatic carboxylic acids is 1. The molecular formula is C25H21F3N2O2. The summed E-state index contributed by atoms with van der Waals surface area (Å²) in [6.45, 7) is 0.315. The van der Waals surface area contributed by atoms with Crippen LogP contribution in [0.3, 0.4) is 0 Å². The van der Waals surface area contributed by atoms with Gasteiger partial charge in [-0.1, -0.05) is 66.7 Å². The summed E-state index contributed by atoms with van der Waals surface area (Å²) in [5, 5.41) is 13.5. The summed E-state index contributed by atoms with van der Waals surface area (Å²) in [6, 6.07) is 21.2. The second kappa shape index (κ2) is 8.88. The zero-order valence-electron chi connectivity index (χ0n) is 17.0.